The molecule has 0 aromatic heterocycles. The van der Waals surface area contributed by atoms with E-state index in [9.17, 15) is 19.2 Å². The van der Waals surface area contributed by atoms with Crippen LogP contribution >= 0.6 is 11.6 Å². The molecule has 0 unspecified atom stereocenters. The highest BCUT2D eigenvalue weighted by molar-refractivity contribution is 6.30. The average Bonchev–Trinajstić information content (AvgIpc) is 4.08. The molecule has 11 heteroatoms. The molecule has 10 rings (SSSR count). The number of nitrogens with zero attached hydrogens (tertiary/aromatic N) is 1. The maximum absolute atomic E-state index is 14.9. The van der Waals surface area contributed by atoms with Crippen molar-refractivity contribution in [3.05, 3.63) is 225 Å². The quantitative estimate of drug-likeness (QED) is 0.0886. The van der Waals surface area contributed by atoms with Crippen LogP contribution in [-0.4, -0.2) is 60.7 Å². The fourth-order valence-corrected chi connectivity index (χ4v) is 10.9. The molecule has 2 aliphatic carbocycles. The van der Waals surface area contributed by atoms with Gasteiger partial charge in [-0.15, -0.1) is 0 Å². The summed E-state index contributed by atoms with van der Waals surface area (Å²) in [4.78, 5) is 57.5. The SMILES string of the molecule is O=C(NCc1ccc(CNC(=O)[C@@H]2C[C@@H](Cc3cccc(Cl)c3)CN2C(=O)[C@@H](CCc2ccccc2)NC(=O)OCC2c3ccccc3-c3ccccc32)cc1)OCC1c2ccccc2-c2ccccc21. The molecule has 0 saturated carbocycles. The highest BCUT2D eigenvalue weighted by Gasteiger charge is 2.42. The minimum absolute atomic E-state index is 0.0297. The van der Waals surface area contributed by atoms with Gasteiger partial charge in [0.15, 0.2) is 0 Å². The number of carbonyl (C=O) groups is 4. The zero-order valence-corrected chi connectivity index (χ0v) is 40.0. The third kappa shape index (κ3) is 10.7. The van der Waals surface area contributed by atoms with Gasteiger partial charge in [-0.2, -0.15) is 0 Å². The monoisotopic (exact) mass is 962 g/mol. The number of ether oxygens (including phenoxy) is 2. The Kier molecular flexibility index (Phi) is 14.3. The van der Waals surface area contributed by atoms with Gasteiger partial charge in [-0.25, -0.2) is 9.59 Å². The zero-order valence-electron chi connectivity index (χ0n) is 39.3. The molecule has 1 fully saturated rings. The van der Waals surface area contributed by atoms with Crippen LogP contribution < -0.4 is 16.0 Å². The first-order valence-corrected chi connectivity index (χ1v) is 24.8. The van der Waals surface area contributed by atoms with Gasteiger partial charge < -0.3 is 30.3 Å². The van der Waals surface area contributed by atoms with E-state index in [-0.39, 0.29) is 55.9 Å². The Bertz CT molecular complexity index is 2960. The predicted molar refractivity (Wildman–Crippen MR) is 276 cm³/mol. The minimum Gasteiger partial charge on any atom is -0.449 e. The van der Waals surface area contributed by atoms with Gasteiger partial charge in [0.05, 0.1) is 0 Å². The molecule has 10 nitrogen and oxygen atoms in total. The smallest absolute Gasteiger partial charge is 0.407 e. The summed E-state index contributed by atoms with van der Waals surface area (Å²) < 4.78 is 11.7. The van der Waals surface area contributed by atoms with Crippen molar-refractivity contribution in [1.82, 2.24) is 20.9 Å². The highest BCUT2D eigenvalue weighted by Crippen LogP contribution is 2.46. The normalized spacial score (nSPS) is 16.0. The Morgan fingerprint density at radius 3 is 1.59 bits per heavy atom. The van der Waals surface area contributed by atoms with Crippen LogP contribution in [0.25, 0.3) is 22.3 Å². The number of nitrogens with one attached hydrogen (secondary N) is 3. The Morgan fingerprint density at radius 1 is 0.549 bits per heavy atom. The molecule has 358 valence electrons. The highest BCUT2D eigenvalue weighted by atomic mass is 35.5. The maximum Gasteiger partial charge on any atom is 0.407 e. The lowest BCUT2D eigenvalue weighted by Gasteiger charge is -2.29. The molecule has 0 spiro atoms. The molecule has 1 saturated heterocycles. The van der Waals surface area contributed by atoms with E-state index in [1.165, 1.54) is 11.1 Å². The number of alkyl carbamates (subject to hydrolysis) is 2. The number of carbonyl (C=O) groups excluding carboxylic acids is 4. The Morgan fingerprint density at radius 2 is 1.04 bits per heavy atom. The Labute approximate surface area is 419 Å². The first-order chi connectivity index (χ1) is 34.8. The Balaban J connectivity index is 0.784. The lowest BCUT2D eigenvalue weighted by molar-refractivity contribution is -0.140. The van der Waals surface area contributed by atoms with E-state index in [2.05, 4.69) is 64.5 Å². The van der Waals surface area contributed by atoms with Crippen LogP contribution in [0.15, 0.2) is 176 Å². The summed E-state index contributed by atoms with van der Waals surface area (Å²) in [5.74, 6) is -0.835. The van der Waals surface area contributed by atoms with Crippen molar-refractivity contribution in [3.63, 3.8) is 0 Å². The van der Waals surface area contributed by atoms with E-state index in [1.54, 1.807) is 4.90 Å². The second kappa shape index (κ2) is 21.5. The van der Waals surface area contributed by atoms with Gasteiger partial charge >= 0.3 is 12.2 Å². The van der Waals surface area contributed by atoms with Gasteiger partial charge in [-0.3, -0.25) is 9.59 Å². The summed E-state index contributed by atoms with van der Waals surface area (Å²) in [7, 11) is 0. The van der Waals surface area contributed by atoms with E-state index in [4.69, 9.17) is 21.1 Å². The summed E-state index contributed by atoms with van der Waals surface area (Å²) in [6, 6.07) is 56.1. The maximum atomic E-state index is 14.9. The second-order valence-electron chi connectivity index (χ2n) is 18.7. The van der Waals surface area contributed by atoms with Crippen molar-refractivity contribution in [3.8, 4) is 22.3 Å². The summed E-state index contributed by atoms with van der Waals surface area (Å²) in [5, 5.41) is 9.53. The molecular formula is C60H55ClN4O6. The summed E-state index contributed by atoms with van der Waals surface area (Å²) in [5.41, 5.74) is 12.8. The fourth-order valence-electron chi connectivity index (χ4n) is 10.7. The molecule has 1 aliphatic heterocycles. The molecule has 3 atom stereocenters. The second-order valence-corrected chi connectivity index (χ2v) is 19.1. The van der Waals surface area contributed by atoms with E-state index < -0.39 is 24.3 Å². The number of likely N-dealkylation sites (tertiary alicyclic amines) is 1. The molecule has 1 heterocycles. The van der Waals surface area contributed by atoms with Crippen molar-refractivity contribution in [2.24, 2.45) is 5.92 Å². The third-order valence-corrected chi connectivity index (χ3v) is 14.4. The first kappa shape index (κ1) is 47.0. The van der Waals surface area contributed by atoms with Crippen LogP contribution in [0.5, 0.6) is 0 Å². The van der Waals surface area contributed by atoms with Gasteiger partial charge in [0.2, 0.25) is 11.8 Å². The Hall–Kier alpha value is -7.69. The predicted octanol–water partition coefficient (Wildman–Crippen LogP) is 11.0. The average molecular weight is 964 g/mol. The summed E-state index contributed by atoms with van der Waals surface area (Å²) >= 11 is 6.38. The van der Waals surface area contributed by atoms with E-state index >= 15 is 0 Å². The van der Waals surface area contributed by atoms with E-state index in [0.717, 1.165) is 55.6 Å². The van der Waals surface area contributed by atoms with Gasteiger partial charge in [-0.1, -0.05) is 175 Å². The summed E-state index contributed by atoms with van der Waals surface area (Å²) in [6.07, 6.45) is 0.692. The number of amides is 4. The van der Waals surface area contributed by atoms with Crippen LogP contribution in [-0.2, 0) is 45.0 Å². The topological polar surface area (TPSA) is 126 Å². The fraction of sp³-hybridized carbons (Fsp3) is 0.233. The number of fused-ring (bicyclic) bond motifs is 6. The lowest BCUT2D eigenvalue weighted by atomic mass is 9.96. The van der Waals surface area contributed by atoms with Crippen molar-refractivity contribution >= 4 is 35.6 Å². The van der Waals surface area contributed by atoms with Crippen molar-refractivity contribution in [2.45, 2.75) is 62.7 Å². The van der Waals surface area contributed by atoms with Crippen LogP contribution in [0.4, 0.5) is 9.59 Å². The number of benzene rings is 7. The van der Waals surface area contributed by atoms with Gasteiger partial charge in [-0.05, 0) is 110 Å². The van der Waals surface area contributed by atoms with Gasteiger partial charge in [0, 0.05) is 36.5 Å². The molecule has 4 amide bonds. The molecule has 0 bridgehead atoms. The van der Waals surface area contributed by atoms with E-state index in [1.807, 2.05) is 127 Å². The number of aryl methyl sites for hydroxylation is 1. The first-order valence-electron chi connectivity index (χ1n) is 24.4. The van der Waals surface area contributed by atoms with Crippen molar-refractivity contribution < 1.29 is 28.7 Å². The minimum atomic E-state index is -0.958. The van der Waals surface area contributed by atoms with Crippen LogP contribution in [0.1, 0.15) is 69.2 Å². The molecule has 3 aliphatic rings. The van der Waals surface area contributed by atoms with Crippen LogP contribution in [0.2, 0.25) is 5.02 Å². The lowest BCUT2D eigenvalue weighted by Crippen LogP contribution is -2.53. The van der Waals surface area contributed by atoms with Crippen molar-refractivity contribution in [2.75, 3.05) is 19.8 Å². The van der Waals surface area contributed by atoms with Gasteiger partial charge in [0.25, 0.3) is 0 Å². The number of hydrogen-bond acceptors (Lipinski definition) is 6. The largest absolute Gasteiger partial charge is 0.449 e. The molecule has 7 aromatic rings. The number of hydrogen-bond donors (Lipinski definition) is 3. The van der Waals surface area contributed by atoms with Crippen LogP contribution in [0.3, 0.4) is 0 Å². The molecule has 0 radical (unpaired) electrons. The van der Waals surface area contributed by atoms with E-state index in [0.29, 0.717) is 37.3 Å². The zero-order chi connectivity index (χ0) is 48.7. The third-order valence-electron chi connectivity index (χ3n) is 14.2. The standard InChI is InChI=1S/C60H55ClN4O6/c61-44-16-12-15-42(32-44)31-43-33-56(57(66)62-34-40-25-27-41(28-26-40)35-63-59(68)70-37-53-49-21-8-4-17-45(49)46-18-5-9-22-50(46)53)65(36-43)58(67)55(30-29-39-13-2-1-3-14-39)64-60(69)71-38-54-51-23-10-6-19-47(51)48-20-7-11-24-52(48)54/h1-28,32,43,53-56H,29-31,33-38H2,(H,62,66)(H,63,68)(H,64,69)/t43-,55-,56+/m1/s1. The van der Waals surface area contributed by atoms with Crippen molar-refractivity contribution in [1.29, 1.82) is 0 Å². The molecule has 3 N–H and O–H groups in total. The summed E-state index contributed by atoms with van der Waals surface area (Å²) in [6.45, 7) is 1.15. The molecule has 71 heavy (non-hydrogen) atoms. The van der Waals surface area contributed by atoms with Crippen LogP contribution in [0, 0.1) is 5.92 Å². The molecule has 7 aromatic carbocycles. The number of rotatable bonds is 16. The van der Waals surface area contributed by atoms with Gasteiger partial charge in [0.1, 0.15) is 25.3 Å². The molecular weight excluding hydrogens is 908 g/mol. The number of halogens is 1.